The van der Waals surface area contributed by atoms with Crippen molar-refractivity contribution in [2.45, 2.75) is 33.1 Å². The molecule has 1 amide bonds. The van der Waals surface area contributed by atoms with Gasteiger partial charge in [-0.2, -0.15) is 0 Å². The lowest BCUT2D eigenvalue weighted by Gasteiger charge is -2.21. The van der Waals surface area contributed by atoms with Crippen molar-refractivity contribution in [3.05, 3.63) is 84.2 Å². The predicted molar refractivity (Wildman–Crippen MR) is 116 cm³/mol. The van der Waals surface area contributed by atoms with Gasteiger partial charge in [-0.15, -0.1) is 0 Å². The highest BCUT2D eigenvalue weighted by atomic mass is 16.2. The van der Waals surface area contributed by atoms with Crippen molar-refractivity contribution in [2.24, 2.45) is 0 Å². The van der Waals surface area contributed by atoms with Crippen LogP contribution >= 0.6 is 0 Å². The number of carbonyl (C=O) groups excluding carboxylic acids is 1. The molecule has 0 unspecified atom stereocenters. The summed E-state index contributed by atoms with van der Waals surface area (Å²) in [7, 11) is 0. The Bertz CT molecular complexity index is 928. The first kappa shape index (κ1) is 19.6. The van der Waals surface area contributed by atoms with Crippen molar-refractivity contribution >= 4 is 23.0 Å². The highest BCUT2D eigenvalue weighted by Gasteiger charge is 2.17. The Balaban J connectivity index is 1.79. The second kappa shape index (κ2) is 8.26. The summed E-state index contributed by atoms with van der Waals surface area (Å²) in [6, 6.07) is 19.9. The number of carbonyl (C=O) groups is 1. The fraction of sp³-hybridized carbons (Fsp3) is 0.250. The van der Waals surface area contributed by atoms with Crippen LogP contribution in [0.1, 0.15) is 43.6 Å². The zero-order valence-corrected chi connectivity index (χ0v) is 16.9. The molecule has 1 heterocycles. The molecule has 3 rings (SSSR count). The van der Waals surface area contributed by atoms with Gasteiger partial charge < -0.3 is 10.2 Å². The van der Waals surface area contributed by atoms with Crippen LogP contribution in [-0.2, 0) is 5.41 Å². The average molecular weight is 374 g/mol. The lowest BCUT2D eigenvalue weighted by molar-refractivity contribution is 0.0988. The van der Waals surface area contributed by atoms with Crippen LogP contribution in [0.5, 0.6) is 0 Å². The van der Waals surface area contributed by atoms with Gasteiger partial charge in [0.25, 0.3) is 5.91 Å². The van der Waals surface area contributed by atoms with Crippen molar-refractivity contribution in [3.63, 3.8) is 0 Å². The minimum absolute atomic E-state index is 0.0621. The molecule has 1 aromatic heterocycles. The van der Waals surface area contributed by atoms with Gasteiger partial charge in [0.1, 0.15) is 0 Å². The van der Waals surface area contributed by atoms with E-state index in [1.165, 1.54) is 5.56 Å². The quantitative estimate of drug-likeness (QED) is 0.616. The van der Waals surface area contributed by atoms with Crippen LogP contribution in [0.4, 0.5) is 17.1 Å². The molecule has 4 nitrogen and oxygen atoms in total. The van der Waals surface area contributed by atoms with E-state index >= 15 is 0 Å². The predicted octanol–water partition coefficient (Wildman–Crippen LogP) is 5.79. The van der Waals surface area contributed by atoms with E-state index in [4.69, 9.17) is 0 Å². The van der Waals surface area contributed by atoms with Gasteiger partial charge >= 0.3 is 0 Å². The Morgan fingerprint density at radius 2 is 1.64 bits per heavy atom. The summed E-state index contributed by atoms with van der Waals surface area (Å²) < 4.78 is 0. The third-order valence-electron chi connectivity index (χ3n) is 4.65. The molecule has 0 aliphatic rings. The van der Waals surface area contributed by atoms with Crippen molar-refractivity contribution in [3.8, 4) is 0 Å². The first-order valence-corrected chi connectivity index (χ1v) is 9.58. The van der Waals surface area contributed by atoms with Crippen LogP contribution in [-0.4, -0.2) is 17.4 Å². The van der Waals surface area contributed by atoms with Crippen LogP contribution < -0.4 is 10.2 Å². The van der Waals surface area contributed by atoms with Crippen LogP contribution in [0.25, 0.3) is 0 Å². The highest BCUT2D eigenvalue weighted by Crippen LogP contribution is 2.25. The van der Waals surface area contributed by atoms with Gasteiger partial charge in [0.2, 0.25) is 0 Å². The van der Waals surface area contributed by atoms with Gasteiger partial charge in [0.15, 0.2) is 0 Å². The number of amides is 1. The van der Waals surface area contributed by atoms with Crippen molar-refractivity contribution in [1.29, 1.82) is 0 Å². The average Bonchev–Trinajstić information content (AvgIpc) is 2.69. The fourth-order valence-corrected chi connectivity index (χ4v) is 3.05. The number of para-hydroxylation sites is 1. The molecule has 0 saturated heterocycles. The molecule has 2 aromatic carbocycles. The van der Waals surface area contributed by atoms with Gasteiger partial charge in [0, 0.05) is 24.1 Å². The van der Waals surface area contributed by atoms with E-state index in [1.807, 2.05) is 43.3 Å². The van der Waals surface area contributed by atoms with E-state index in [1.54, 1.807) is 17.3 Å². The standard InChI is InChI=1S/C24H27N3O/c1-5-27(22-9-7-6-8-10-22)23(28)18-15-21(17-25-16-18)26-20-13-11-19(12-14-20)24(2,3)4/h6-17,26H,5H2,1-4H3. The normalized spacial score (nSPS) is 11.1. The molecule has 0 radical (unpaired) electrons. The van der Waals surface area contributed by atoms with E-state index in [0.717, 1.165) is 17.1 Å². The van der Waals surface area contributed by atoms with Gasteiger partial charge in [-0.3, -0.25) is 9.78 Å². The van der Waals surface area contributed by atoms with Crippen molar-refractivity contribution in [1.82, 2.24) is 4.98 Å². The third-order valence-corrected chi connectivity index (χ3v) is 4.65. The van der Waals surface area contributed by atoms with E-state index in [-0.39, 0.29) is 11.3 Å². The highest BCUT2D eigenvalue weighted by molar-refractivity contribution is 6.06. The summed E-state index contributed by atoms with van der Waals surface area (Å²) in [6.45, 7) is 9.15. The van der Waals surface area contributed by atoms with Crippen LogP contribution in [0.15, 0.2) is 73.1 Å². The maximum Gasteiger partial charge on any atom is 0.259 e. The minimum Gasteiger partial charge on any atom is -0.354 e. The summed E-state index contributed by atoms with van der Waals surface area (Å²) >= 11 is 0. The number of hydrogen-bond donors (Lipinski definition) is 1. The Kier molecular flexibility index (Phi) is 5.78. The SMILES string of the molecule is CCN(C(=O)c1cncc(Nc2ccc(C(C)(C)C)cc2)c1)c1ccccc1. The van der Waals surface area contributed by atoms with Crippen molar-refractivity contribution < 1.29 is 4.79 Å². The van der Waals surface area contributed by atoms with Gasteiger partial charge in [-0.1, -0.05) is 51.1 Å². The molecule has 0 aliphatic carbocycles. The Morgan fingerprint density at radius 1 is 0.964 bits per heavy atom. The lowest BCUT2D eigenvalue weighted by atomic mass is 9.87. The first-order valence-electron chi connectivity index (χ1n) is 9.58. The summed E-state index contributed by atoms with van der Waals surface area (Å²) in [4.78, 5) is 19.0. The van der Waals surface area contributed by atoms with Gasteiger partial charge in [-0.05, 0) is 48.2 Å². The molecule has 3 aromatic rings. The number of anilines is 3. The molecule has 144 valence electrons. The zero-order valence-electron chi connectivity index (χ0n) is 16.9. The third kappa shape index (κ3) is 4.58. The number of nitrogens with one attached hydrogen (secondary N) is 1. The minimum atomic E-state index is -0.0621. The molecule has 0 aliphatic heterocycles. The molecule has 0 atom stereocenters. The number of aromatic nitrogens is 1. The largest absolute Gasteiger partial charge is 0.354 e. The maximum absolute atomic E-state index is 13.0. The van der Waals surface area contributed by atoms with E-state index < -0.39 is 0 Å². The maximum atomic E-state index is 13.0. The summed E-state index contributed by atoms with van der Waals surface area (Å²) in [5.41, 5.74) is 4.59. The summed E-state index contributed by atoms with van der Waals surface area (Å²) in [5.74, 6) is -0.0621. The molecule has 0 fully saturated rings. The number of rotatable bonds is 5. The molecule has 0 spiro atoms. The van der Waals surface area contributed by atoms with E-state index in [2.05, 4.69) is 55.3 Å². The molecule has 28 heavy (non-hydrogen) atoms. The molecule has 0 saturated carbocycles. The van der Waals surface area contributed by atoms with Gasteiger partial charge in [-0.25, -0.2) is 0 Å². The lowest BCUT2D eigenvalue weighted by Crippen LogP contribution is -2.30. The van der Waals surface area contributed by atoms with Gasteiger partial charge in [0.05, 0.1) is 17.4 Å². The second-order valence-corrected chi connectivity index (χ2v) is 7.80. The number of nitrogens with zero attached hydrogens (tertiary/aromatic N) is 2. The number of benzene rings is 2. The monoisotopic (exact) mass is 373 g/mol. The zero-order chi connectivity index (χ0) is 20.1. The Labute approximate surface area is 167 Å². The van der Waals surface area contributed by atoms with Crippen molar-refractivity contribution in [2.75, 3.05) is 16.8 Å². The first-order chi connectivity index (χ1) is 13.4. The molecular formula is C24H27N3O. The molecule has 4 heteroatoms. The van der Waals surface area contributed by atoms with E-state index in [9.17, 15) is 4.79 Å². The molecule has 1 N–H and O–H groups in total. The molecule has 0 bridgehead atoms. The second-order valence-electron chi connectivity index (χ2n) is 7.80. The van der Waals surface area contributed by atoms with Crippen LogP contribution in [0.3, 0.4) is 0 Å². The van der Waals surface area contributed by atoms with Crippen LogP contribution in [0.2, 0.25) is 0 Å². The fourth-order valence-electron chi connectivity index (χ4n) is 3.05. The topological polar surface area (TPSA) is 45.2 Å². The molecular weight excluding hydrogens is 346 g/mol. The number of pyridine rings is 1. The summed E-state index contributed by atoms with van der Waals surface area (Å²) in [6.07, 6.45) is 3.34. The number of hydrogen-bond acceptors (Lipinski definition) is 3. The van der Waals surface area contributed by atoms with E-state index in [0.29, 0.717) is 12.1 Å². The summed E-state index contributed by atoms with van der Waals surface area (Å²) in [5, 5.41) is 3.34. The van der Waals surface area contributed by atoms with Crippen LogP contribution in [0, 0.1) is 0 Å². The Hall–Kier alpha value is -3.14. The Morgan fingerprint density at radius 3 is 2.25 bits per heavy atom. The smallest absolute Gasteiger partial charge is 0.259 e.